The van der Waals surface area contributed by atoms with Gasteiger partial charge in [0.25, 0.3) is 0 Å². The second-order valence-corrected chi connectivity index (χ2v) is 20.1. The highest BCUT2D eigenvalue weighted by molar-refractivity contribution is 6.31. The molecule has 3 heterocycles. The van der Waals surface area contributed by atoms with Gasteiger partial charge in [0.2, 0.25) is 0 Å². The fourth-order valence-electron chi connectivity index (χ4n) is 12.1. The van der Waals surface area contributed by atoms with Crippen molar-refractivity contribution in [2.45, 2.75) is 20.8 Å². The summed E-state index contributed by atoms with van der Waals surface area (Å²) in [4.78, 5) is 4.79. The fourth-order valence-corrected chi connectivity index (χ4v) is 12.1. The molecular formula is C71H48N2O3. The predicted octanol–water partition coefficient (Wildman–Crippen LogP) is 20.9. The van der Waals surface area contributed by atoms with Crippen LogP contribution in [0.5, 0.6) is 0 Å². The molecule has 15 rings (SSSR count). The van der Waals surface area contributed by atoms with Gasteiger partial charge in [0, 0.05) is 66.3 Å². The van der Waals surface area contributed by atoms with Gasteiger partial charge in [0.1, 0.15) is 22.3 Å². The maximum Gasteiger partial charge on any atom is 0.159 e. The lowest BCUT2D eigenvalue weighted by molar-refractivity contribution is 0.665. The Balaban J connectivity index is 1.04. The topological polar surface area (TPSA) is 45.9 Å². The number of rotatable bonds is 8. The van der Waals surface area contributed by atoms with Crippen LogP contribution in [0.4, 0.5) is 34.1 Å². The molecule has 0 spiro atoms. The van der Waals surface area contributed by atoms with Crippen LogP contribution in [0.2, 0.25) is 0 Å². The SMILES string of the molecule is Cc1ccc(N(c2cc3oc4cc(N(c5ccccc5-c5ccccc5)c5cccc6c5oc5c(C)cccc56)c5ccccc5c4c3c3ccccc23)c2cccc3c2oc2c(C)cccc23)c(-c2ccccc2)c1. The summed E-state index contributed by atoms with van der Waals surface area (Å²) in [7, 11) is 0. The first-order valence-electron chi connectivity index (χ1n) is 26.0. The van der Waals surface area contributed by atoms with E-state index < -0.39 is 0 Å². The Labute approximate surface area is 438 Å². The van der Waals surface area contributed by atoms with Crippen LogP contribution in [0.1, 0.15) is 16.7 Å². The van der Waals surface area contributed by atoms with Gasteiger partial charge in [-0.05, 0) is 84.1 Å². The van der Waals surface area contributed by atoms with E-state index >= 15 is 0 Å². The van der Waals surface area contributed by atoms with Gasteiger partial charge < -0.3 is 23.1 Å². The van der Waals surface area contributed by atoms with Crippen molar-refractivity contribution < 1.29 is 13.3 Å². The molecule has 0 radical (unpaired) electrons. The quantitative estimate of drug-likeness (QED) is 0.152. The number of furan rings is 3. The van der Waals surface area contributed by atoms with Crippen molar-refractivity contribution >= 4 is 121 Å². The van der Waals surface area contributed by atoms with Crippen molar-refractivity contribution in [1.29, 1.82) is 0 Å². The molecule has 0 aliphatic carbocycles. The Morgan fingerprint density at radius 3 is 1.18 bits per heavy atom. The number of para-hydroxylation sites is 5. The highest BCUT2D eigenvalue weighted by Crippen LogP contribution is 2.53. The molecule has 0 fully saturated rings. The van der Waals surface area contributed by atoms with Crippen LogP contribution < -0.4 is 9.80 Å². The van der Waals surface area contributed by atoms with Crippen molar-refractivity contribution in [1.82, 2.24) is 0 Å². The summed E-state index contributed by atoms with van der Waals surface area (Å²) in [5, 5.41) is 10.8. The summed E-state index contributed by atoms with van der Waals surface area (Å²) >= 11 is 0. The zero-order valence-electron chi connectivity index (χ0n) is 42.1. The number of anilines is 6. The summed E-state index contributed by atoms with van der Waals surface area (Å²) in [5.41, 5.74) is 18.7. The third-order valence-electron chi connectivity index (χ3n) is 15.5. The Morgan fingerprint density at radius 2 is 0.658 bits per heavy atom. The van der Waals surface area contributed by atoms with Crippen LogP contribution in [0, 0.1) is 20.8 Å². The molecule has 0 bridgehead atoms. The first kappa shape index (κ1) is 43.7. The molecule has 0 saturated carbocycles. The number of benzene rings is 12. The maximum atomic E-state index is 7.44. The lowest BCUT2D eigenvalue weighted by Crippen LogP contribution is -2.12. The molecule has 0 N–H and O–H groups in total. The van der Waals surface area contributed by atoms with E-state index in [-0.39, 0.29) is 0 Å². The Bertz CT molecular complexity index is 4810. The first-order valence-corrected chi connectivity index (χ1v) is 26.0. The van der Waals surface area contributed by atoms with E-state index in [0.29, 0.717) is 0 Å². The summed E-state index contributed by atoms with van der Waals surface area (Å²) in [6.07, 6.45) is 0. The van der Waals surface area contributed by atoms with Gasteiger partial charge in [-0.25, -0.2) is 0 Å². The van der Waals surface area contributed by atoms with Gasteiger partial charge in [-0.3, -0.25) is 0 Å². The molecule has 5 nitrogen and oxygen atoms in total. The number of hydrogen-bond donors (Lipinski definition) is 0. The number of nitrogens with zero attached hydrogens (tertiary/aromatic N) is 2. The van der Waals surface area contributed by atoms with E-state index in [1.165, 1.54) is 5.56 Å². The summed E-state index contributed by atoms with van der Waals surface area (Å²) in [6.45, 7) is 6.40. The van der Waals surface area contributed by atoms with Gasteiger partial charge in [-0.2, -0.15) is 0 Å². The molecule has 0 aliphatic heterocycles. The molecule has 0 saturated heterocycles. The Morgan fingerprint density at radius 1 is 0.263 bits per heavy atom. The second kappa shape index (κ2) is 17.1. The van der Waals surface area contributed by atoms with Crippen LogP contribution in [-0.4, -0.2) is 0 Å². The minimum Gasteiger partial charge on any atom is -0.456 e. The monoisotopic (exact) mass is 976 g/mol. The number of aryl methyl sites for hydroxylation is 3. The summed E-state index contributed by atoms with van der Waals surface area (Å²) < 4.78 is 21.5. The maximum absolute atomic E-state index is 7.44. The van der Waals surface area contributed by atoms with Gasteiger partial charge >= 0.3 is 0 Å². The Hall–Kier alpha value is -9.84. The van der Waals surface area contributed by atoms with Gasteiger partial charge in [-0.15, -0.1) is 0 Å². The number of fused-ring (bicyclic) bond motifs is 13. The standard InChI is InChI=1S/C71H48N2O3/c1-43-38-39-59(57(40-43)47-24-8-5-9-25-47)73(61-37-19-34-56-54-32-17-21-45(3)69(54)76-71(56)61)63-42-65-67(52-30-13-11-28-50(52)63)66-51-29-12-10-27-49(51)62(41-64(66)74-65)72(58-35-15-14-26-48(58)46-22-6-4-7-23-46)60-36-18-33-55-53-31-16-20-44(2)68(53)75-70(55)60/h4-42H,1-3H3. The molecule has 12 aromatic carbocycles. The highest BCUT2D eigenvalue weighted by Gasteiger charge is 2.29. The molecule has 76 heavy (non-hydrogen) atoms. The minimum atomic E-state index is 0.780. The van der Waals surface area contributed by atoms with Crippen LogP contribution in [0.15, 0.2) is 250 Å². The summed E-state index contributed by atoms with van der Waals surface area (Å²) in [5.74, 6) is 0. The van der Waals surface area contributed by atoms with Crippen LogP contribution in [-0.2, 0) is 0 Å². The largest absolute Gasteiger partial charge is 0.456 e. The van der Waals surface area contributed by atoms with E-state index in [4.69, 9.17) is 13.3 Å². The average molecular weight is 977 g/mol. The molecule has 15 aromatic rings. The zero-order chi connectivity index (χ0) is 50.6. The van der Waals surface area contributed by atoms with Gasteiger partial charge in [0.05, 0.1) is 34.1 Å². The van der Waals surface area contributed by atoms with E-state index in [9.17, 15) is 0 Å². The van der Waals surface area contributed by atoms with Crippen molar-refractivity contribution in [3.63, 3.8) is 0 Å². The molecule has 360 valence electrons. The predicted molar refractivity (Wildman–Crippen MR) is 318 cm³/mol. The molecule has 3 aromatic heterocycles. The van der Waals surface area contributed by atoms with Crippen molar-refractivity contribution in [3.8, 4) is 22.3 Å². The third kappa shape index (κ3) is 6.65. The van der Waals surface area contributed by atoms with Gasteiger partial charge in [-0.1, -0.05) is 200 Å². The number of hydrogen-bond acceptors (Lipinski definition) is 5. The highest BCUT2D eigenvalue weighted by atomic mass is 16.3. The van der Waals surface area contributed by atoms with E-state index in [1.807, 2.05) is 0 Å². The van der Waals surface area contributed by atoms with Crippen molar-refractivity contribution in [2.75, 3.05) is 9.80 Å². The lowest BCUT2D eigenvalue weighted by Gasteiger charge is -2.29. The van der Waals surface area contributed by atoms with Crippen molar-refractivity contribution in [3.05, 3.63) is 253 Å². The van der Waals surface area contributed by atoms with E-state index in [0.717, 1.165) is 155 Å². The molecular weight excluding hydrogens is 929 g/mol. The smallest absolute Gasteiger partial charge is 0.159 e. The Kier molecular flexibility index (Phi) is 9.85. The minimum absolute atomic E-state index is 0.780. The third-order valence-corrected chi connectivity index (χ3v) is 15.5. The second-order valence-electron chi connectivity index (χ2n) is 20.1. The first-order chi connectivity index (χ1) is 37.5. The van der Waals surface area contributed by atoms with Gasteiger partial charge in [0.15, 0.2) is 11.2 Å². The summed E-state index contributed by atoms with van der Waals surface area (Å²) in [6, 6.07) is 84.7. The normalized spacial score (nSPS) is 11.9. The molecule has 5 heteroatoms. The molecule has 0 aliphatic rings. The van der Waals surface area contributed by atoms with Crippen LogP contribution in [0.3, 0.4) is 0 Å². The van der Waals surface area contributed by atoms with E-state index in [1.54, 1.807) is 0 Å². The fraction of sp³-hybridized carbons (Fsp3) is 0.0423. The zero-order valence-corrected chi connectivity index (χ0v) is 42.1. The van der Waals surface area contributed by atoms with Crippen molar-refractivity contribution in [2.24, 2.45) is 0 Å². The lowest BCUT2D eigenvalue weighted by atomic mass is 9.95. The van der Waals surface area contributed by atoms with Crippen LogP contribution >= 0.6 is 0 Å². The average Bonchev–Trinajstić information content (AvgIpc) is 4.32. The molecule has 0 amide bonds. The molecule has 0 unspecified atom stereocenters. The molecule has 0 atom stereocenters. The van der Waals surface area contributed by atoms with Crippen LogP contribution in [0.25, 0.3) is 110 Å². The van der Waals surface area contributed by atoms with E-state index in [2.05, 4.69) is 267 Å².